The molecule has 0 spiro atoms. The van der Waals surface area contributed by atoms with E-state index in [2.05, 4.69) is 11.9 Å². The molecule has 16 heavy (non-hydrogen) atoms. The summed E-state index contributed by atoms with van der Waals surface area (Å²) in [6.45, 7) is 3.50. The van der Waals surface area contributed by atoms with Crippen molar-refractivity contribution in [3.8, 4) is 0 Å². The van der Waals surface area contributed by atoms with Crippen LogP contribution in [0.25, 0.3) is 0 Å². The Bertz CT molecular complexity index is 373. The summed E-state index contributed by atoms with van der Waals surface area (Å²) >= 11 is 0. The van der Waals surface area contributed by atoms with Gasteiger partial charge in [0.2, 0.25) is 0 Å². The fourth-order valence-electron chi connectivity index (χ4n) is 2.68. The molecule has 0 N–H and O–H groups in total. The van der Waals surface area contributed by atoms with Crippen molar-refractivity contribution in [1.29, 1.82) is 0 Å². The molecule has 0 aromatic rings. The molecule has 2 nitrogen and oxygen atoms in total. The molecule has 0 bridgehead atoms. The molecule has 0 radical (unpaired) electrons. The van der Waals surface area contributed by atoms with E-state index in [4.69, 9.17) is 0 Å². The lowest BCUT2D eigenvalue weighted by molar-refractivity contribution is -0.0802. The molecule has 2 aliphatic heterocycles. The summed E-state index contributed by atoms with van der Waals surface area (Å²) in [6, 6.07) is 0.488. The first-order chi connectivity index (χ1) is 7.58. The van der Waals surface area contributed by atoms with Crippen molar-refractivity contribution in [3.63, 3.8) is 0 Å². The van der Waals surface area contributed by atoms with Crippen LogP contribution in [0.1, 0.15) is 26.2 Å². The highest BCUT2D eigenvalue weighted by Gasteiger charge is 2.43. The smallest absolute Gasteiger partial charge is 0.271 e. The van der Waals surface area contributed by atoms with Crippen LogP contribution < -0.4 is 0 Å². The predicted molar refractivity (Wildman–Crippen MR) is 57.8 cm³/mol. The van der Waals surface area contributed by atoms with Crippen LogP contribution in [0.3, 0.4) is 0 Å². The Morgan fingerprint density at radius 3 is 2.88 bits per heavy atom. The highest BCUT2D eigenvalue weighted by atomic mass is 19.3. The van der Waals surface area contributed by atoms with Crippen LogP contribution in [0.4, 0.5) is 8.78 Å². The van der Waals surface area contributed by atoms with Crippen LogP contribution in [0.2, 0.25) is 0 Å². The third-order valence-electron chi connectivity index (χ3n) is 3.92. The van der Waals surface area contributed by atoms with Crippen LogP contribution in [0.15, 0.2) is 23.4 Å². The zero-order chi connectivity index (χ0) is 11.3. The lowest BCUT2D eigenvalue weighted by Gasteiger charge is -2.47. The van der Waals surface area contributed by atoms with E-state index in [1.54, 1.807) is 0 Å². The Balaban J connectivity index is 1.79. The molecule has 0 aromatic heterocycles. The summed E-state index contributed by atoms with van der Waals surface area (Å²) in [5, 5.41) is 4.11. The summed E-state index contributed by atoms with van der Waals surface area (Å²) in [4.78, 5) is 0. The van der Waals surface area contributed by atoms with E-state index in [0.29, 0.717) is 24.6 Å². The molecule has 3 rings (SSSR count). The van der Waals surface area contributed by atoms with Crippen LogP contribution in [-0.2, 0) is 0 Å². The van der Waals surface area contributed by atoms with Crippen molar-refractivity contribution >= 4 is 0 Å². The van der Waals surface area contributed by atoms with E-state index in [0.717, 1.165) is 18.5 Å². The number of hydrogen-bond acceptors (Lipinski definition) is 2. The first-order valence-electron chi connectivity index (χ1n) is 5.90. The van der Waals surface area contributed by atoms with Gasteiger partial charge in [0.05, 0.1) is 6.54 Å². The standard InChI is InChI=1S/C12H16F2N2/c1-9-3-7-16(9)15-6-4-10-2-5-12(13,14)11(10)8-15/h4,6,9H,2-3,5,7-8H2,1H3. The summed E-state index contributed by atoms with van der Waals surface area (Å²) in [5.41, 5.74) is 1.20. The molecular formula is C12H16F2N2. The van der Waals surface area contributed by atoms with Crippen LogP contribution in [0, 0.1) is 0 Å². The zero-order valence-corrected chi connectivity index (χ0v) is 9.42. The lowest BCUT2D eigenvalue weighted by atomic mass is 10.1. The zero-order valence-electron chi connectivity index (χ0n) is 9.42. The van der Waals surface area contributed by atoms with E-state index < -0.39 is 5.92 Å². The Morgan fingerprint density at radius 1 is 1.44 bits per heavy atom. The number of nitrogens with zero attached hydrogens (tertiary/aromatic N) is 2. The maximum atomic E-state index is 13.6. The Kier molecular flexibility index (Phi) is 2.11. The van der Waals surface area contributed by atoms with Gasteiger partial charge in [0, 0.05) is 30.8 Å². The number of allylic oxidation sites excluding steroid dienone is 2. The topological polar surface area (TPSA) is 6.48 Å². The molecule has 88 valence electrons. The molecule has 1 atom stereocenters. The van der Waals surface area contributed by atoms with E-state index in [9.17, 15) is 8.78 Å². The summed E-state index contributed by atoms with van der Waals surface area (Å²) < 4.78 is 27.2. The van der Waals surface area contributed by atoms with Crippen molar-refractivity contribution < 1.29 is 8.78 Å². The van der Waals surface area contributed by atoms with Gasteiger partial charge >= 0.3 is 0 Å². The lowest BCUT2D eigenvalue weighted by Crippen LogP contribution is -2.55. The molecule has 3 aliphatic rings. The molecule has 1 saturated heterocycles. The minimum absolute atomic E-state index is 0.00853. The van der Waals surface area contributed by atoms with Gasteiger partial charge in [-0.3, -0.25) is 0 Å². The van der Waals surface area contributed by atoms with Gasteiger partial charge in [0.25, 0.3) is 5.92 Å². The minimum atomic E-state index is -2.58. The molecule has 1 unspecified atom stereocenters. The Labute approximate surface area is 94.2 Å². The van der Waals surface area contributed by atoms with Gasteiger partial charge in [-0.1, -0.05) is 0 Å². The van der Waals surface area contributed by atoms with Crippen molar-refractivity contribution in [1.82, 2.24) is 10.0 Å². The molecule has 1 fully saturated rings. The van der Waals surface area contributed by atoms with E-state index in [-0.39, 0.29) is 6.42 Å². The predicted octanol–water partition coefficient (Wildman–Crippen LogP) is 2.55. The number of alkyl halides is 2. The Morgan fingerprint density at radius 2 is 2.25 bits per heavy atom. The third-order valence-corrected chi connectivity index (χ3v) is 3.92. The largest absolute Gasteiger partial charge is 0.308 e. The van der Waals surface area contributed by atoms with Crippen LogP contribution in [-0.4, -0.2) is 35.1 Å². The highest BCUT2D eigenvalue weighted by Crippen LogP contribution is 2.43. The fraction of sp³-hybridized carbons (Fsp3) is 0.667. The van der Waals surface area contributed by atoms with Crippen molar-refractivity contribution in [3.05, 3.63) is 23.4 Å². The van der Waals surface area contributed by atoms with Crippen molar-refractivity contribution in [2.75, 3.05) is 13.1 Å². The monoisotopic (exact) mass is 226 g/mol. The Hall–Kier alpha value is -0.900. The molecule has 2 heterocycles. The molecule has 0 saturated carbocycles. The maximum Gasteiger partial charge on any atom is 0.271 e. The van der Waals surface area contributed by atoms with E-state index >= 15 is 0 Å². The number of rotatable bonds is 1. The SMILES string of the molecule is CC1CCN1N1C=CC2=C(C1)C(F)(F)CC2. The average Bonchev–Trinajstić information content (AvgIpc) is 2.53. The van der Waals surface area contributed by atoms with Gasteiger partial charge < -0.3 is 5.01 Å². The summed E-state index contributed by atoms with van der Waals surface area (Å²) in [6.07, 6.45) is 5.50. The van der Waals surface area contributed by atoms with Gasteiger partial charge in [-0.15, -0.1) is 0 Å². The summed E-state index contributed by atoms with van der Waals surface area (Å²) in [5.74, 6) is -2.58. The number of halogens is 2. The maximum absolute atomic E-state index is 13.6. The second-order valence-corrected chi connectivity index (χ2v) is 4.92. The first-order valence-corrected chi connectivity index (χ1v) is 5.90. The van der Waals surface area contributed by atoms with Crippen LogP contribution in [0.5, 0.6) is 0 Å². The quantitative estimate of drug-likeness (QED) is 0.678. The van der Waals surface area contributed by atoms with Gasteiger partial charge in [-0.05, 0) is 31.4 Å². The second kappa shape index (κ2) is 3.29. The molecule has 4 heteroatoms. The average molecular weight is 226 g/mol. The number of hydrazine groups is 1. The number of hydrogen-bond donors (Lipinski definition) is 0. The van der Waals surface area contributed by atoms with E-state index in [1.807, 2.05) is 17.3 Å². The van der Waals surface area contributed by atoms with Gasteiger partial charge in [-0.2, -0.15) is 0 Å². The second-order valence-electron chi connectivity index (χ2n) is 4.92. The molecule has 0 aromatic carbocycles. The van der Waals surface area contributed by atoms with Gasteiger partial charge in [0.15, 0.2) is 0 Å². The minimum Gasteiger partial charge on any atom is -0.308 e. The summed E-state index contributed by atoms with van der Waals surface area (Å²) in [7, 11) is 0. The highest BCUT2D eigenvalue weighted by molar-refractivity contribution is 5.38. The molecular weight excluding hydrogens is 210 g/mol. The third kappa shape index (κ3) is 1.39. The fourth-order valence-corrected chi connectivity index (χ4v) is 2.68. The molecule has 1 aliphatic carbocycles. The van der Waals surface area contributed by atoms with Crippen molar-refractivity contribution in [2.24, 2.45) is 0 Å². The van der Waals surface area contributed by atoms with E-state index in [1.165, 1.54) is 0 Å². The normalized spacial score (nSPS) is 32.9. The van der Waals surface area contributed by atoms with Crippen LogP contribution >= 0.6 is 0 Å². The first kappa shape index (κ1) is 10.3. The van der Waals surface area contributed by atoms with Gasteiger partial charge in [-0.25, -0.2) is 13.8 Å². The van der Waals surface area contributed by atoms with Gasteiger partial charge in [0.1, 0.15) is 0 Å². The van der Waals surface area contributed by atoms with Crippen molar-refractivity contribution in [2.45, 2.75) is 38.2 Å². The molecule has 0 amide bonds.